The zero-order chi connectivity index (χ0) is 15.2. The molecule has 1 rings (SSSR count). The largest absolute Gasteiger partial charge is 0.492 e. The van der Waals surface area contributed by atoms with Crippen molar-refractivity contribution >= 4 is 0 Å². The molecule has 0 aliphatic carbocycles. The van der Waals surface area contributed by atoms with Crippen LogP contribution in [0.3, 0.4) is 0 Å². The smallest absolute Gasteiger partial charge is 0.122 e. The molecule has 0 heterocycles. The Morgan fingerprint density at radius 1 is 1.15 bits per heavy atom. The third kappa shape index (κ3) is 5.16. The number of hydrogen-bond donors (Lipinski definition) is 1. The number of ether oxygens (including phenoxy) is 1. The van der Waals surface area contributed by atoms with Gasteiger partial charge in [0.2, 0.25) is 0 Å². The van der Waals surface area contributed by atoms with Crippen molar-refractivity contribution in [2.24, 2.45) is 0 Å². The molecule has 0 spiro atoms. The highest BCUT2D eigenvalue weighted by atomic mass is 16.5. The summed E-state index contributed by atoms with van der Waals surface area (Å²) in [6.07, 6.45) is 2.35. The van der Waals surface area contributed by atoms with Gasteiger partial charge in [-0.15, -0.1) is 0 Å². The Morgan fingerprint density at radius 3 is 2.30 bits per heavy atom. The van der Waals surface area contributed by atoms with Crippen LogP contribution in [0.25, 0.3) is 0 Å². The number of nitrogens with one attached hydrogen (secondary N) is 1. The first-order valence-electron chi connectivity index (χ1n) is 7.85. The molecule has 2 nitrogen and oxygen atoms in total. The van der Waals surface area contributed by atoms with E-state index in [4.69, 9.17) is 4.74 Å². The molecule has 2 heteroatoms. The van der Waals surface area contributed by atoms with E-state index in [2.05, 4.69) is 65.1 Å². The van der Waals surface area contributed by atoms with Crippen molar-refractivity contribution in [2.45, 2.75) is 65.8 Å². The highest BCUT2D eigenvalue weighted by molar-refractivity contribution is 5.38. The first-order chi connectivity index (χ1) is 9.38. The Hall–Kier alpha value is -1.02. The van der Waals surface area contributed by atoms with Gasteiger partial charge in [0.25, 0.3) is 0 Å². The molecule has 0 fully saturated rings. The predicted molar refractivity (Wildman–Crippen MR) is 87.7 cm³/mol. The van der Waals surface area contributed by atoms with Crippen molar-refractivity contribution in [3.63, 3.8) is 0 Å². The Kier molecular flexibility index (Phi) is 6.54. The van der Waals surface area contributed by atoms with E-state index >= 15 is 0 Å². The summed E-state index contributed by atoms with van der Waals surface area (Å²) in [5.74, 6) is 1.00. The van der Waals surface area contributed by atoms with Crippen LogP contribution in [0, 0.1) is 6.92 Å². The van der Waals surface area contributed by atoms with Gasteiger partial charge >= 0.3 is 0 Å². The molecule has 1 aromatic rings. The van der Waals surface area contributed by atoms with Gasteiger partial charge in [-0.05, 0) is 42.4 Å². The molecule has 0 bridgehead atoms. The molecular formula is C18H31NO. The second-order valence-corrected chi connectivity index (χ2v) is 6.55. The maximum Gasteiger partial charge on any atom is 0.122 e. The van der Waals surface area contributed by atoms with E-state index in [1.54, 1.807) is 0 Å². The second-order valence-electron chi connectivity index (χ2n) is 6.55. The highest BCUT2D eigenvalue weighted by Crippen LogP contribution is 2.27. The third-order valence-corrected chi connectivity index (χ3v) is 3.82. The molecule has 0 radical (unpaired) electrons. The van der Waals surface area contributed by atoms with Gasteiger partial charge in [0, 0.05) is 12.6 Å². The van der Waals surface area contributed by atoms with Gasteiger partial charge in [0.05, 0.1) is 0 Å². The van der Waals surface area contributed by atoms with Crippen LogP contribution in [-0.2, 0) is 5.41 Å². The van der Waals surface area contributed by atoms with Crippen molar-refractivity contribution in [1.29, 1.82) is 0 Å². The van der Waals surface area contributed by atoms with Crippen LogP contribution in [0.15, 0.2) is 18.2 Å². The first kappa shape index (κ1) is 17.0. The molecule has 0 amide bonds. The summed E-state index contributed by atoms with van der Waals surface area (Å²) in [6.45, 7) is 14.9. The summed E-state index contributed by atoms with van der Waals surface area (Å²) in [4.78, 5) is 0. The number of benzene rings is 1. The molecule has 1 N–H and O–H groups in total. The van der Waals surface area contributed by atoms with Gasteiger partial charge in [-0.3, -0.25) is 0 Å². The monoisotopic (exact) mass is 277 g/mol. The fourth-order valence-corrected chi connectivity index (χ4v) is 2.28. The summed E-state index contributed by atoms with van der Waals surface area (Å²) in [5.41, 5.74) is 2.78. The lowest BCUT2D eigenvalue weighted by Crippen LogP contribution is -2.31. The second kappa shape index (κ2) is 7.68. The molecule has 0 aliphatic rings. The van der Waals surface area contributed by atoms with Gasteiger partial charge in [-0.2, -0.15) is 0 Å². The minimum absolute atomic E-state index is 0.195. The van der Waals surface area contributed by atoms with Gasteiger partial charge in [-0.25, -0.2) is 0 Å². The number of hydrogen-bond acceptors (Lipinski definition) is 2. The average molecular weight is 277 g/mol. The molecule has 0 saturated carbocycles. The zero-order valence-corrected chi connectivity index (χ0v) is 14.0. The van der Waals surface area contributed by atoms with E-state index < -0.39 is 0 Å². The standard InChI is InChI=1S/C18H31NO/c1-7-16(8-2)19-11-12-20-17-10-9-15(13-14(17)3)18(4,5)6/h9-10,13,16,19H,7-8,11-12H2,1-6H3. The number of rotatable bonds is 7. The minimum Gasteiger partial charge on any atom is -0.492 e. The van der Waals surface area contributed by atoms with E-state index in [9.17, 15) is 0 Å². The maximum atomic E-state index is 5.88. The fourth-order valence-electron chi connectivity index (χ4n) is 2.28. The quantitative estimate of drug-likeness (QED) is 0.743. The molecule has 114 valence electrons. The van der Waals surface area contributed by atoms with E-state index in [0.29, 0.717) is 6.04 Å². The topological polar surface area (TPSA) is 21.3 Å². The summed E-state index contributed by atoms with van der Waals surface area (Å²) in [5, 5.41) is 3.52. The SMILES string of the molecule is CCC(CC)NCCOc1ccc(C(C)(C)C)cc1C. The Bertz CT molecular complexity index is 402. The van der Waals surface area contributed by atoms with Crippen molar-refractivity contribution in [3.05, 3.63) is 29.3 Å². The summed E-state index contributed by atoms with van der Waals surface area (Å²) >= 11 is 0. The molecule has 1 aromatic carbocycles. The maximum absolute atomic E-state index is 5.88. The van der Waals surface area contributed by atoms with Crippen LogP contribution in [-0.4, -0.2) is 19.2 Å². The van der Waals surface area contributed by atoms with E-state index in [1.807, 2.05) is 0 Å². The van der Waals surface area contributed by atoms with Crippen LogP contribution in [0.4, 0.5) is 0 Å². The van der Waals surface area contributed by atoms with Gasteiger partial charge in [0.15, 0.2) is 0 Å². The Morgan fingerprint density at radius 2 is 1.80 bits per heavy atom. The summed E-state index contributed by atoms with van der Waals surface area (Å²) < 4.78 is 5.88. The molecule has 20 heavy (non-hydrogen) atoms. The van der Waals surface area contributed by atoms with E-state index in [1.165, 1.54) is 24.0 Å². The van der Waals surface area contributed by atoms with Crippen LogP contribution >= 0.6 is 0 Å². The van der Waals surface area contributed by atoms with Crippen LogP contribution in [0.2, 0.25) is 0 Å². The molecular weight excluding hydrogens is 246 g/mol. The fraction of sp³-hybridized carbons (Fsp3) is 0.667. The van der Waals surface area contributed by atoms with Gasteiger partial charge in [0.1, 0.15) is 12.4 Å². The number of aryl methyl sites for hydroxylation is 1. The lowest BCUT2D eigenvalue weighted by molar-refractivity contribution is 0.300. The van der Waals surface area contributed by atoms with Crippen molar-refractivity contribution in [1.82, 2.24) is 5.32 Å². The minimum atomic E-state index is 0.195. The molecule has 0 unspecified atom stereocenters. The molecule has 0 aromatic heterocycles. The van der Waals surface area contributed by atoms with Crippen LogP contribution in [0.1, 0.15) is 58.6 Å². The van der Waals surface area contributed by atoms with Crippen LogP contribution in [0.5, 0.6) is 5.75 Å². The van der Waals surface area contributed by atoms with Crippen molar-refractivity contribution < 1.29 is 4.74 Å². The first-order valence-corrected chi connectivity index (χ1v) is 7.85. The average Bonchev–Trinajstić information content (AvgIpc) is 2.39. The van der Waals surface area contributed by atoms with E-state index in [-0.39, 0.29) is 5.41 Å². The molecule has 0 atom stereocenters. The van der Waals surface area contributed by atoms with Gasteiger partial charge < -0.3 is 10.1 Å². The molecule has 0 aliphatic heterocycles. The van der Waals surface area contributed by atoms with Crippen molar-refractivity contribution in [3.8, 4) is 5.75 Å². The normalized spacial score (nSPS) is 11.9. The Balaban J connectivity index is 2.49. The van der Waals surface area contributed by atoms with Crippen molar-refractivity contribution in [2.75, 3.05) is 13.2 Å². The third-order valence-electron chi connectivity index (χ3n) is 3.82. The lowest BCUT2D eigenvalue weighted by Gasteiger charge is -2.21. The molecule has 0 saturated heterocycles. The van der Waals surface area contributed by atoms with E-state index in [0.717, 1.165) is 18.9 Å². The van der Waals surface area contributed by atoms with Crippen LogP contribution < -0.4 is 10.1 Å². The lowest BCUT2D eigenvalue weighted by atomic mass is 9.86. The summed E-state index contributed by atoms with van der Waals surface area (Å²) in [7, 11) is 0. The Labute approximate surface area is 124 Å². The summed E-state index contributed by atoms with van der Waals surface area (Å²) in [6, 6.07) is 7.14. The zero-order valence-electron chi connectivity index (χ0n) is 14.0. The predicted octanol–water partition coefficient (Wildman–Crippen LogP) is 4.45. The highest BCUT2D eigenvalue weighted by Gasteiger charge is 2.14. The van der Waals surface area contributed by atoms with Gasteiger partial charge in [-0.1, -0.05) is 46.8 Å².